The Balaban J connectivity index is 2.56. The number of carbonyl (C=O) groups excluding carboxylic acids is 2. The van der Waals surface area contributed by atoms with Crippen molar-refractivity contribution in [2.75, 3.05) is 14.2 Å². The van der Waals surface area contributed by atoms with Gasteiger partial charge in [-0.25, -0.2) is 4.79 Å². The summed E-state index contributed by atoms with van der Waals surface area (Å²) in [6.45, 7) is 1.66. The SMILES string of the molecule is COC(=O)C1=C(C)NC(=O)C1=Cc1cc(Br)ccc1OC. The molecule has 0 saturated carbocycles. The molecule has 1 aliphatic rings. The predicted octanol–water partition coefficient (Wildman–Crippen LogP) is 2.42. The highest BCUT2D eigenvalue weighted by Gasteiger charge is 2.30. The topological polar surface area (TPSA) is 64.6 Å². The number of amides is 1. The molecule has 0 radical (unpaired) electrons. The quantitative estimate of drug-likeness (QED) is 0.670. The molecule has 2 rings (SSSR count). The van der Waals surface area contributed by atoms with Crippen LogP contribution in [0.15, 0.2) is 39.5 Å². The van der Waals surface area contributed by atoms with E-state index in [4.69, 9.17) is 9.47 Å². The van der Waals surface area contributed by atoms with E-state index in [1.807, 2.05) is 12.1 Å². The lowest BCUT2D eigenvalue weighted by atomic mass is 10.0. The van der Waals surface area contributed by atoms with Crippen molar-refractivity contribution >= 4 is 33.9 Å². The van der Waals surface area contributed by atoms with Gasteiger partial charge in [0, 0.05) is 15.7 Å². The molecule has 0 spiro atoms. The number of ether oxygens (including phenoxy) is 2. The van der Waals surface area contributed by atoms with Gasteiger partial charge in [0.1, 0.15) is 5.75 Å². The highest BCUT2D eigenvalue weighted by Crippen LogP contribution is 2.29. The van der Waals surface area contributed by atoms with Gasteiger partial charge in [-0.05, 0) is 31.2 Å². The van der Waals surface area contributed by atoms with Crippen molar-refractivity contribution in [1.82, 2.24) is 5.32 Å². The summed E-state index contributed by atoms with van der Waals surface area (Å²) in [5, 5.41) is 2.62. The smallest absolute Gasteiger partial charge is 0.340 e. The number of hydrogen-bond acceptors (Lipinski definition) is 4. The maximum absolute atomic E-state index is 12.0. The standard InChI is InChI=1S/C15H14BrNO4/c1-8-13(15(19)21-3)11(14(18)17-8)7-9-6-10(16)4-5-12(9)20-2/h4-7H,1-3H3,(H,17,18). The molecule has 1 aromatic carbocycles. The van der Waals surface area contributed by atoms with Gasteiger partial charge >= 0.3 is 5.97 Å². The molecule has 0 atom stereocenters. The molecule has 21 heavy (non-hydrogen) atoms. The van der Waals surface area contributed by atoms with E-state index in [1.165, 1.54) is 7.11 Å². The number of carbonyl (C=O) groups is 2. The average molecular weight is 352 g/mol. The lowest BCUT2D eigenvalue weighted by Gasteiger charge is -2.07. The van der Waals surface area contributed by atoms with Gasteiger partial charge in [0.05, 0.1) is 25.4 Å². The largest absolute Gasteiger partial charge is 0.496 e. The molecule has 1 aromatic rings. The number of rotatable bonds is 3. The van der Waals surface area contributed by atoms with Crippen molar-refractivity contribution in [3.63, 3.8) is 0 Å². The van der Waals surface area contributed by atoms with E-state index in [-0.39, 0.29) is 17.1 Å². The van der Waals surface area contributed by atoms with Crippen molar-refractivity contribution in [3.8, 4) is 5.75 Å². The Kier molecular flexibility index (Phi) is 4.47. The number of halogens is 1. The molecule has 0 bridgehead atoms. The zero-order valence-corrected chi connectivity index (χ0v) is 13.4. The van der Waals surface area contributed by atoms with Crippen molar-refractivity contribution in [1.29, 1.82) is 0 Å². The second-order valence-corrected chi connectivity index (χ2v) is 5.31. The summed E-state index contributed by atoms with van der Waals surface area (Å²) in [6.07, 6.45) is 1.61. The third-order valence-electron chi connectivity index (χ3n) is 3.07. The maximum Gasteiger partial charge on any atom is 0.340 e. The minimum Gasteiger partial charge on any atom is -0.496 e. The lowest BCUT2D eigenvalue weighted by Crippen LogP contribution is -2.15. The minimum absolute atomic E-state index is 0.240. The van der Waals surface area contributed by atoms with Gasteiger partial charge in [-0.3, -0.25) is 4.79 Å². The van der Waals surface area contributed by atoms with Gasteiger partial charge in [-0.1, -0.05) is 15.9 Å². The second kappa shape index (κ2) is 6.13. The zero-order chi connectivity index (χ0) is 15.6. The first-order valence-electron chi connectivity index (χ1n) is 6.14. The van der Waals surface area contributed by atoms with E-state index in [2.05, 4.69) is 21.2 Å². The fourth-order valence-corrected chi connectivity index (χ4v) is 2.47. The van der Waals surface area contributed by atoms with Crippen molar-refractivity contribution in [3.05, 3.63) is 45.1 Å². The molecule has 110 valence electrons. The van der Waals surface area contributed by atoms with Crippen LogP contribution in [0, 0.1) is 0 Å². The molecule has 0 fully saturated rings. The Morgan fingerprint density at radius 1 is 1.33 bits per heavy atom. The van der Waals surface area contributed by atoms with Crippen LogP contribution in [0.3, 0.4) is 0 Å². The molecule has 5 nitrogen and oxygen atoms in total. The Morgan fingerprint density at radius 3 is 2.67 bits per heavy atom. The molecular weight excluding hydrogens is 338 g/mol. The number of nitrogens with one attached hydrogen (secondary N) is 1. The van der Waals surface area contributed by atoms with E-state index in [0.29, 0.717) is 17.0 Å². The first kappa shape index (κ1) is 15.3. The molecule has 1 heterocycles. The van der Waals surface area contributed by atoms with Gasteiger partial charge in [0.15, 0.2) is 0 Å². The first-order chi connectivity index (χ1) is 9.97. The van der Waals surface area contributed by atoms with Crippen LogP contribution in [-0.4, -0.2) is 26.1 Å². The number of esters is 1. The minimum atomic E-state index is -0.550. The van der Waals surface area contributed by atoms with Crippen LogP contribution in [0.1, 0.15) is 12.5 Å². The van der Waals surface area contributed by atoms with Gasteiger partial charge in [-0.15, -0.1) is 0 Å². The number of hydrogen-bond donors (Lipinski definition) is 1. The Bertz CT molecular complexity index is 676. The lowest BCUT2D eigenvalue weighted by molar-refractivity contribution is -0.136. The maximum atomic E-state index is 12.0. The van der Waals surface area contributed by atoms with E-state index >= 15 is 0 Å². The Hall–Kier alpha value is -2.08. The molecule has 1 N–H and O–H groups in total. The molecule has 0 saturated heterocycles. The zero-order valence-electron chi connectivity index (χ0n) is 11.8. The summed E-state index contributed by atoms with van der Waals surface area (Å²) in [5.74, 6) is -0.284. The molecule has 6 heteroatoms. The molecular formula is C15H14BrNO4. The third-order valence-corrected chi connectivity index (χ3v) is 3.56. The summed E-state index contributed by atoms with van der Waals surface area (Å²) in [6, 6.07) is 5.41. The molecule has 0 aliphatic carbocycles. The fraction of sp³-hybridized carbons (Fsp3) is 0.200. The van der Waals surface area contributed by atoms with Gasteiger partial charge in [-0.2, -0.15) is 0 Å². The van der Waals surface area contributed by atoms with Crippen LogP contribution in [0.25, 0.3) is 6.08 Å². The summed E-state index contributed by atoms with van der Waals surface area (Å²) < 4.78 is 10.8. The Labute approximate surface area is 130 Å². The predicted molar refractivity (Wildman–Crippen MR) is 81.5 cm³/mol. The summed E-state index contributed by atoms with van der Waals surface area (Å²) in [5.41, 5.74) is 1.67. The van der Waals surface area contributed by atoms with Gasteiger partial charge in [0.25, 0.3) is 5.91 Å². The monoisotopic (exact) mass is 351 g/mol. The molecule has 1 aliphatic heterocycles. The van der Waals surface area contributed by atoms with Crippen LogP contribution in [0.2, 0.25) is 0 Å². The summed E-state index contributed by atoms with van der Waals surface area (Å²) in [4.78, 5) is 23.9. The molecule has 0 aromatic heterocycles. The van der Waals surface area contributed by atoms with Crippen LogP contribution >= 0.6 is 15.9 Å². The highest BCUT2D eigenvalue weighted by molar-refractivity contribution is 9.10. The number of allylic oxidation sites excluding steroid dienone is 1. The van der Waals surface area contributed by atoms with E-state index in [1.54, 1.807) is 26.2 Å². The summed E-state index contributed by atoms with van der Waals surface area (Å²) >= 11 is 3.37. The first-order valence-corrected chi connectivity index (χ1v) is 6.93. The van der Waals surface area contributed by atoms with Crippen molar-refractivity contribution in [2.45, 2.75) is 6.92 Å². The fourth-order valence-electron chi connectivity index (χ4n) is 2.09. The number of benzene rings is 1. The van der Waals surface area contributed by atoms with E-state index < -0.39 is 5.97 Å². The van der Waals surface area contributed by atoms with Crippen molar-refractivity contribution < 1.29 is 19.1 Å². The van der Waals surface area contributed by atoms with Gasteiger partial charge < -0.3 is 14.8 Å². The third kappa shape index (κ3) is 3.00. The van der Waals surface area contributed by atoms with Crippen LogP contribution in [0.4, 0.5) is 0 Å². The highest BCUT2D eigenvalue weighted by atomic mass is 79.9. The normalized spacial score (nSPS) is 16.2. The number of methoxy groups -OCH3 is 2. The average Bonchev–Trinajstić information content (AvgIpc) is 2.73. The second-order valence-electron chi connectivity index (χ2n) is 4.39. The summed E-state index contributed by atoms with van der Waals surface area (Å²) in [7, 11) is 2.82. The Morgan fingerprint density at radius 2 is 2.05 bits per heavy atom. The van der Waals surface area contributed by atoms with Gasteiger partial charge in [0.2, 0.25) is 0 Å². The van der Waals surface area contributed by atoms with E-state index in [0.717, 1.165) is 4.47 Å². The van der Waals surface area contributed by atoms with Crippen molar-refractivity contribution in [2.24, 2.45) is 0 Å². The molecule has 0 unspecified atom stereocenters. The van der Waals surface area contributed by atoms with E-state index in [9.17, 15) is 9.59 Å². The van der Waals surface area contributed by atoms with Crippen LogP contribution < -0.4 is 10.1 Å². The van der Waals surface area contributed by atoms with Crippen LogP contribution in [0.5, 0.6) is 5.75 Å². The molecule has 1 amide bonds. The van der Waals surface area contributed by atoms with Crippen LogP contribution in [-0.2, 0) is 14.3 Å².